The van der Waals surface area contributed by atoms with Gasteiger partial charge in [-0.3, -0.25) is 4.79 Å². The molecule has 0 fully saturated rings. The van der Waals surface area contributed by atoms with Crippen LogP contribution in [0.1, 0.15) is 11.5 Å². The zero-order valence-corrected chi connectivity index (χ0v) is 13.0. The molecule has 24 heavy (non-hydrogen) atoms. The quantitative estimate of drug-likeness (QED) is 0.592. The fourth-order valence-electron chi connectivity index (χ4n) is 2.72. The Labute approximate surface area is 137 Å². The standard InChI is InChI=1S/C18H16N4O2/c23-18(11-15-12-5-1-4-8-16(12)24-22-15)19-10-9-17-20-13-6-2-3-7-14(13)21-17/h1-8H,9-11H2,(H,19,23)(H,20,21). The number of H-pyrrole nitrogens is 1. The van der Waals surface area contributed by atoms with Gasteiger partial charge in [0.15, 0.2) is 5.58 Å². The van der Waals surface area contributed by atoms with Crippen molar-refractivity contribution in [3.05, 3.63) is 60.0 Å². The fraction of sp³-hybridized carbons (Fsp3) is 0.167. The van der Waals surface area contributed by atoms with Crippen LogP contribution in [0.3, 0.4) is 0 Å². The Bertz CT molecular complexity index is 969. The zero-order valence-electron chi connectivity index (χ0n) is 13.0. The molecule has 0 aliphatic rings. The topological polar surface area (TPSA) is 83.8 Å². The smallest absolute Gasteiger partial charge is 0.226 e. The summed E-state index contributed by atoms with van der Waals surface area (Å²) in [6.45, 7) is 0.522. The molecule has 1 amide bonds. The first kappa shape index (κ1) is 14.4. The summed E-state index contributed by atoms with van der Waals surface area (Å²) in [6, 6.07) is 15.4. The molecule has 0 spiro atoms. The van der Waals surface area contributed by atoms with Crippen molar-refractivity contribution in [1.29, 1.82) is 0 Å². The van der Waals surface area contributed by atoms with Crippen LogP contribution in [0.4, 0.5) is 0 Å². The van der Waals surface area contributed by atoms with E-state index in [1.54, 1.807) is 0 Å². The third kappa shape index (κ3) is 2.86. The van der Waals surface area contributed by atoms with E-state index in [1.165, 1.54) is 0 Å². The Morgan fingerprint density at radius 2 is 1.96 bits per heavy atom. The molecule has 2 N–H and O–H groups in total. The molecule has 0 saturated heterocycles. The van der Waals surface area contributed by atoms with E-state index in [4.69, 9.17) is 4.52 Å². The molecule has 0 unspecified atom stereocenters. The average molecular weight is 320 g/mol. The van der Waals surface area contributed by atoms with Crippen LogP contribution < -0.4 is 5.32 Å². The largest absolute Gasteiger partial charge is 0.356 e. The maximum atomic E-state index is 12.1. The fourth-order valence-corrected chi connectivity index (χ4v) is 2.72. The molecule has 4 aromatic rings. The number of aromatic amines is 1. The highest BCUT2D eigenvalue weighted by Crippen LogP contribution is 2.18. The van der Waals surface area contributed by atoms with Gasteiger partial charge >= 0.3 is 0 Å². The van der Waals surface area contributed by atoms with Gasteiger partial charge < -0.3 is 14.8 Å². The highest BCUT2D eigenvalue weighted by molar-refractivity contribution is 5.86. The minimum atomic E-state index is -0.0786. The summed E-state index contributed by atoms with van der Waals surface area (Å²) in [4.78, 5) is 19.8. The van der Waals surface area contributed by atoms with Crippen LogP contribution in [-0.2, 0) is 17.6 Å². The number of imidazole rings is 1. The second-order valence-corrected chi connectivity index (χ2v) is 5.60. The van der Waals surface area contributed by atoms with Gasteiger partial charge in [-0.1, -0.05) is 29.4 Å². The number of hydrogen-bond acceptors (Lipinski definition) is 4. The molecule has 2 heterocycles. The van der Waals surface area contributed by atoms with Gasteiger partial charge in [0.05, 0.1) is 17.5 Å². The van der Waals surface area contributed by atoms with Gasteiger partial charge in [-0.2, -0.15) is 0 Å². The van der Waals surface area contributed by atoms with Gasteiger partial charge in [0.1, 0.15) is 11.5 Å². The number of fused-ring (bicyclic) bond motifs is 2. The van der Waals surface area contributed by atoms with Gasteiger partial charge in [-0.15, -0.1) is 0 Å². The lowest BCUT2D eigenvalue weighted by atomic mass is 10.1. The molecule has 0 radical (unpaired) electrons. The van der Waals surface area contributed by atoms with Gasteiger partial charge in [0, 0.05) is 18.4 Å². The summed E-state index contributed by atoms with van der Waals surface area (Å²) in [7, 11) is 0. The molecule has 0 atom stereocenters. The summed E-state index contributed by atoms with van der Waals surface area (Å²) in [6.07, 6.45) is 0.858. The van der Waals surface area contributed by atoms with Crippen molar-refractivity contribution in [1.82, 2.24) is 20.4 Å². The number of para-hydroxylation sites is 3. The van der Waals surface area contributed by atoms with E-state index in [1.807, 2.05) is 48.5 Å². The summed E-state index contributed by atoms with van der Waals surface area (Å²) in [5.41, 5.74) is 3.30. The summed E-state index contributed by atoms with van der Waals surface area (Å²) < 4.78 is 5.21. The molecule has 4 rings (SSSR count). The van der Waals surface area contributed by atoms with Crippen molar-refractivity contribution in [3.8, 4) is 0 Å². The lowest BCUT2D eigenvalue weighted by molar-refractivity contribution is -0.120. The Morgan fingerprint density at radius 1 is 1.12 bits per heavy atom. The minimum absolute atomic E-state index is 0.0786. The van der Waals surface area contributed by atoms with Crippen molar-refractivity contribution >= 4 is 27.9 Å². The summed E-state index contributed by atoms with van der Waals surface area (Å²) >= 11 is 0. The van der Waals surface area contributed by atoms with E-state index < -0.39 is 0 Å². The Kier molecular flexibility index (Phi) is 3.70. The van der Waals surface area contributed by atoms with Crippen molar-refractivity contribution in [2.24, 2.45) is 0 Å². The molecule has 0 aliphatic carbocycles. The molecule has 6 nitrogen and oxygen atoms in total. The Morgan fingerprint density at radius 3 is 2.88 bits per heavy atom. The number of carbonyl (C=O) groups is 1. The predicted octanol–water partition coefficient (Wildman–Crippen LogP) is 2.61. The molecule has 6 heteroatoms. The number of amides is 1. The molecule has 0 saturated carbocycles. The van der Waals surface area contributed by atoms with Gasteiger partial charge in [-0.05, 0) is 24.3 Å². The third-order valence-corrected chi connectivity index (χ3v) is 3.90. The van der Waals surface area contributed by atoms with E-state index in [2.05, 4.69) is 20.4 Å². The summed E-state index contributed by atoms with van der Waals surface area (Å²) in [5, 5.41) is 7.75. The van der Waals surface area contributed by atoms with Crippen LogP contribution in [0.5, 0.6) is 0 Å². The minimum Gasteiger partial charge on any atom is -0.356 e. The van der Waals surface area contributed by atoms with Gasteiger partial charge in [0.2, 0.25) is 5.91 Å². The van der Waals surface area contributed by atoms with E-state index in [9.17, 15) is 4.79 Å². The molecular formula is C18H16N4O2. The molecule has 2 aromatic carbocycles. The van der Waals surface area contributed by atoms with Gasteiger partial charge in [-0.25, -0.2) is 4.98 Å². The maximum Gasteiger partial charge on any atom is 0.226 e. The van der Waals surface area contributed by atoms with Crippen molar-refractivity contribution in [3.63, 3.8) is 0 Å². The second kappa shape index (κ2) is 6.16. The molecule has 120 valence electrons. The Balaban J connectivity index is 1.35. The van der Waals surface area contributed by atoms with Crippen molar-refractivity contribution in [2.75, 3.05) is 6.54 Å². The highest BCUT2D eigenvalue weighted by atomic mass is 16.5. The van der Waals surface area contributed by atoms with Crippen molar-refractivity contribution in [2.45, 2.75) is 12.8 Å². The highest BCUT2D eigenvalue weighted by Gasteiger charge is 2.12. The number of aromatic nitrogens is 3. The third-order valence-electron chi connectivity index (χ3n) is 3.90. The first-order chi connectivity index (χ1) is 11.8. The zero-order chi connectivity index (χ0) is 16.4. The van der Waals surface area contributed by atoms with E-state index in [0.717, 1.165) is 22.2 Å². The Hall–Kier alpha value is -3.15. The second-order valence-electron chi connectivity index (χ2n) is 5.60. The number of rotatable bonds is 5. The lowest BCUT2D eigenvalue weighted by Crippen LogP contribution is -2.27. The van der Waals surface area contributed by atoms with Crippen LogP contribution in [0.15, 0.2) is 53.1 Å². The predicted molar refractivity (Wildman–Crippen MR) is 90.5 cm³/mol. The SMILES string of the molecule is O=C(Cc1noc2ccccc12)NCCc1nc2ccccc2[nH]1. The van der Waals surface area contributed by atoms with E-state index in [-0.39, 0.29) is 12.3 Å². The van der Waals surface area contributed by atoms with Crippen LogP contribution in [0.2, 0.25) is 0 Å². The number of nitrogens with one attached hydrogen (secondary N) is 2. The first-order valence-electron chi connectivity index (χ1n) is 7.83. The number of carbonyl (C=O) groups excluding carboxylic acids is 1. The number of hydrogen-bond donors (Lipinski definition) is 2. The normalized spacial score (nSPS) is 11.2. The monoisotopic (exact) mass is 320 g/mol. The number of nitrogens with zero attached hydrogens (tertiary/aromatic N) is 2. The summed E-state index contributed by atoms with van der Waals surface area (Å²) in [5.74, 6) is 0.786. The van der Waals surface area contributed by atoms with Crippen LogP contribution in [0.25, 0.3) is 22.0 Å². The number of benzene rings is 2. The molecule has 0 aliphatic heterocycles. The first-order valence-corrected chi connectivity index (χ1v) is 7.83. The van der Waals surface area contributed by atoms with Crippen molar-refractivity contribution < 1.29 is 9.32 Å². The molecular weight excluding hydrogens is 304 g/mol. The van der Waals surface area contributed by atoms with Gasteiger partial charge in [0.25, 0.3) is 0 Å². The van der Waals surface area contributed by atoms with E-state index >= 15 is 0 Å². The molecule has 2 aromatic heterocycles. The van der Waals surface area contributed by atoms with Crippen LogP contribution in [-0.4, -0.2) is 27.6 Å². The van der Waals surface area contributed by atoms with Crippen LogP contribution >= 0.6 is 0 Å². The molecule has 0 bridgehead atoms. The van der Waals surface area contributed by atoms with E-state index in [0.29, 0.717) is 24.2 Å². The average Bonchev–Trinajstić information content (AvgIpc) is 3.19. The maximum absolute atomic E-state index is 12.1. The van der Waals surface area contributed by atoms with Crippen LogP contribution in [0, 0.1) is 0 Å². The lowest BCUT2D eigenvalue weighted by Gasteiger charge is -2.02.